The van der Waals surface area contributed by atoms with Crippen molar-refractivity contribution in [1.29, 1.82) is 5.26 Å². The molecule has 0 spiro atoms. The van der Waals surface area contributed by atoms with Crippen LogP contribution in [0.3, 0.4) is 0 Å². The van der Waals surface area contributed by atoms with Gasteiger partial charge in [0.25, 0.3) is 0 Å². The van der Waals surface area contributed by atoms with Gasteiger partial charge in [-0.15, -0.1) is 0 Å². The van der Waals surface area contributed by atoms with Gasteiger partial charge in [-0.25, -0.2) is 0 Å². The molecule has 15 heavy (non-hydrogen) atoms. The number of hydrogen-bond donors (Lipinski definition) is 1. The standard InChI is InChI=1S/C11H19N3O/c12-9-10(11-3-1-8-15-11)14-6-2-4-13-5-7-14/h10-11,13H,1-8H2. The minimum absolute atomic E-state index is 0.0348. The topological polar surface area (TPSA) is 48.3 Å². The van der Waals surface area contributed by atoms with Crippen LogP contribution >= 0.6 is 0 Å². The van der Waals surface area contributed by atoms with Gasteiger partial charge in [-0.2, -0.15) is 5.26 Å². The predicted molar refractivity (Wildman–Crippen MR) is 57.4 cm³/mol. The number of nitrogens with zero attached hydrogens (tertiary/aromatic N) is 2. The van der Waals surface area contributed by atoms with E-state index < -0.39 is 0 Å². The maximum absolute atomic E-state index is 9.24. The summed E-state index contributed by atoms with van der Waals surface area (Å²) in [4.78, 5) is 2.27. The lowest BCUT2D eigenvalue weighted by Crippen LogP contribution is -2.44. The van der Waals surface area contributed by atoms with Crippen LogP contribution in [0.1, 0.15) is 19.3 Å². The number of rotatable bonds is 2. The molecule has 2 heterocycles. The fraction of sp³-hybridized carbons (Fsp3) is 0.909. The third-order valence-electron chi connectivity index (χ3n) is 3.22. The van der Waals surface area contributed by atoms with E-state index in [9.17, 15) is 5.26 Å². The molecular formula is C11H19N3O. The van der Waals surface area contributed by atoms with Crippen molar-refractivity contribution in [3.63, 3.8) is 0 Å². The van der Waals surface area contributed by atoms with Gasteiger partial charge in [0.15, 0.2) is 0 Å². The Kier molecular flexibility index (Phi) is 3.95. The second-order valence-electron chi connectivity index (χ2n) is 4.26. The molecule has 4 nitrogen and oxygen atoms in total. The lowest BCUT2D eigenvalue weighted by Gasteiger charge is -2.28. The Labute approximate surface area is 91.2 Å². The fourth-order valence-corrected chi connectivity index (χ4v) is 2.40. The maximum Gasteiger partial charge on any atom is 0.124 e. The Morgan fingerprint density at radius 2 is 2.27 bits per heavy atom. The SMILES string of the molecule is N#CC(C1CCCO1)N1CCCNCC1. The molecule has 4 heteroatoms. The normalized spacial score (nSPS) is 30.7. The van der Waals surface area contributed by atoms with Crippen LogP contribution in [0.5, 0.6) is 0 Å². The van der Waals surface area contributed by atoms with Crippen molar-refractivity contribution >= 4 is 0 Å². The van der Waals surface area contributed by atoms with Crippen LogP contribution < -0.4 is 5.32 Å². The van der Waals surface area contributed by atoms with Crippen LogP contribution in [0.25, 0.3) is 0 Å². The van der Waals surface area contributed by atoms with E-state index in [1.165, 1.54) is 0 Å². The number of hydrogen-bond acceptors (Lipinski definition) is 4. The van der Waals surface area contributed by atoms with E-state index in [1.54, 1.807) is 0 Å². The highest BCUT2D eigenvalue weighted by atomic mass is 16.5. The average molecular weight is 209 g/mol. The molecule has 0 aromatic carbocycles. The third-order valence-corrected chi connectivity index (χ3v) is 3.22. The number of nitrogens with one attached hydrogen (secondary N) is 1. The van der Waals surface area contributed by atoms with Crippen LogP contribution in [0, 0.1) is 11.3 Å². The molecule has 2 unspecified atom stereocenters. The van der Waals surface area contributed by atoms with Crippen molar-refractivity contribution in [2.75, 3.05) is 32.8 Å². The van der Waals surface area contributed by atoms with Crippen LogP contribution in [0.15, 0.2) is 0 Å². The molecule has 0 radical (unpaired) electrons. The highest BCUT2D eigenvalue weighted by Crippen LogP contribution is 2.19. The summed E-state index contributed by atoms with van der Waals surface area (Å²) >= 11 is 0. The van der Waals surface area contributed by atoms with Gasteiger partial charge in [-0.1, -0.05) is 0 Å². The van der Waals surface area contributed by atoms with E-state index in [2.05, 4.69) is 16.3 Å². The quantitative estimate of drug-likeness (QED) is 0.713. The minimum atomic E-state index is -0.0348. The first kappa shape index (κ1) is 10.9. The molecule has 0 aromatic rings. The van der Waals surface area contributed by atoms with E-state index in [0.717, 1.165) is 52.0 Å². The smallest absolute Gasteiger partial charge is 0.124 e. The first-order valence-electron chi connectivity index (χ1n) is 5.88. The fourth-order valence-electron chi connectivity index (χ4n) is 2.40. The zero-order valence-corrected chi connectivity index (χ0v) is 9.11. The molecule has 2 fully saturated rings. The van der Waals surface area contributed by atoms with E-state index in [0.29, 0.717) is 0 Å². The van der Waals surface area contributed by atoms with Crippen LogP contribution in [0.4, 0.5) is 0 Å². The number of ether oxygens (including phenoxy) is 1. The summed E-state index contributed by atoms with van der Waals surface area (Å²) in [5.74, 6) is 0. The lowest BCUT2D eigenvalue weighted by molar-refractivity contribution is 0.0486. The summed E-state index contributed by atoms with van der Waals surface area (Å²) in [7, 11) is 0. The van der Waals surface area contributed by atoms with Gasteiger partial charge in [-0.05, 0) is 25.8 Å². The highest BCUT2D eigenvalue weighted by molar-refractivity contribution is 4.99. The Hall–Kier alpha value is -0.630. The zero-order chi connectivity index (χ0) is 10.5. The molecule has 0 amide bonds. The molecule has 0 aliphatic carbocycles. The van der Waals surface area contributed by atoms with Crippen molar-refractivity contribution in [2.24, 2.45) is 0 Å². The van der Waals surface area contributed by atoms with Gasteiger partial charge in [0.2, 0.25) is 0 Å². The molecule has 2 saturated heterocycles. The van der Waals surface area contributed by atoms with Gasteiger partial charge in [-0.3, -0.25) is 4.90 Å². The first-order chi connectivity index (χ1) is 7.42. The summed E-state index contributed by atoms with van der Waals surface area (Å²) in [6, 6.07) is 2.38. The molecule has 0 aromatic heterocycles. The predicted octanol–water partition coefficient (Wildman–Crippen LogP) is 0.353. The summed E-state index contributed by atoms with van der Waals surface area (Å²) in [6.45, 7) is 4.88. The van der Waals surface area contributed by atoms with Crippen molar-refractivity contribution in [1.82, 2.24) is 10.2 Å². The third kappa shape index (κ3) is 2.69. The van der Waals surface area contributed by atoms with Crippen LogP contribution in [-0.4, -0.2) is 49.8 Å². The summed E-state index contributed by atoms with van der Waals surface area (Å²) in [5, 5.41) is 12.6. The van der Waals surface area contributed by atoms with Crippen LogP contribution in [0.2, 0.25) is 0 Å². The second-order valence-corrected chi connectivity index (χ2v) is 4.26. The van der Waals surface area contributed by atoms with Gasteiger partial charge < -0.3 is 10.1 Å². The molecule has 0 bridgehead atoms. The Morgan fingerprint density at radius 1 is 1.33 bits per heavy atom. The van der Waals surface area contributed by atoms with Gasteiger partial charge in [0.1, 0.15) is 6.04 Å². The largest absolute Gasteiger partial charge is 0.375 e. The molecule has 84 valence electrons. The van der Waals surface area contributed by atoms with E-state index in [-0.39, 0.29) is 12.1 Å². The lowest BCUT2D eigenvalue weighted by atomic mass is 10.1. The summed E-state index contributed by atoms with van der Waals surface area (Å²) < 4.78 is 5.62. The van der Waals surface area contributed by atoms with E-state index in [4.69, 9.17) is 4.74 Å². The summed E-state index contributed by atoms with van der Waals surface area (Å²) in [5.41, 5.74) is 0. The molecule has 0 saturated carbocycles. The molecule has 2 aliphatic rings. The number of nitriles is 1. The minimum Gasteiger partial charge on any atom is -0.375 e. The van der Waals surface area contributed by atoms with Crippen LogP contribution in [-0.2, 0) is 4.74 Å². The molecule has 2 aliphatic heterocycles. The van der Waals surface area contributed by atoms with Crippen molar-refractivity contribution in [2.45, 2.75) is 31.4 Å². The highest BCUT2D eigenvalue weighted by Gasteiger charge is 2.30. The first-order valence-corrected chi connectivity index (χ1v) is 5.88. The maximum atomic E-state index is 9.24. The van der Waals surface area contributed by atoms with Gasteiger partial charge in [0, 0.05) is 26.2 Å². The Balaban J connectivity index is 1.94. The van der Waals surface area contributed by atoms with Crippen molar-refractivity contribution in [3.8, 4) is 6.07 Å². The molecular weight excluding hydrogens is 190 g/mol. The monoisotopic (exact) mass is 209 g/mol. The zero-order valence-electron chi connectivity index (χ0n) is 9.11. The van der Waals surface area contributed by atoms with E-state index in [1.807, 2.05) is 0 Å². The van der Waals surface area contributed by atoms with Crippen molar-refractivity contribution in [3.05, 3.63) is 0 Å². The molecule has 2 atom stereocenters. The van der Waals surface area contributed by atoms with Gasteiger partial charge in [0.05, 0.1) is 12.2 Å². The second kappa shape index (κ2) is 5.45. The van der Waals surface area contributed by atoms with Gasteiger partial charge >= 0.3 is 0 Å². The van der Waals surface area contributed by atoms with Crippen molar-refractivity contribution < 1.29 is 4.74 Å². The molecule has 1 N–H and O–H groups in total. The summed E-state index contributed by atoms with van der Waals surface area (Å²) in [6.07, 6.45) is 3.43. The van der Waals surface area contributed by atoms with E-state index >= 15 is 0 Å². The average Bonchev–Trinajstić information content (AvgIpc) is 2.63. The Morgan fingerprint density at radius 3 is 3.00 bits per heavy atom. The molecule has 2 rings (SSSR count). The Bertz CT molecular complexity index is 224.